The van der Waals surface area contributed by atoms with E-state index in [0.29, 0.717) is 51.3 Å². The number of hydrogen-bond acceptors (Lipinski definition) is 7. The number of halogens is 3. The number of nitrogens with one attached hydrogen (secondary N) is 3. The number of pyridine rings is 1. The highest BCUT2D eigenvalue weighted by Crippen LogP contribution is 2.36. The van der Waals surface area contributed by atoms with Crippen molar-refractivity contribution in [2.24, 2.45) is 5.92 Å². The number of rotatable bonds is 6. The van der Waals surface area contributed by atoms with Gasteiger partial charge in [-0.15, -0.1) is 0 Å². The Bertz CT molecular complexity index is 1320. The topological polar surface area (TPSA) is 119 Å². The molecule has 43 heavy (non-hydrogen) atoms. The quantitative estimate of drug-likeness (QED) is 0.456. The van der Waals surface area contributed by atoms with Gasteiger partial charge in [0.1, 0.15) is 18.0 Å². The molecule has 3 aliphatic heterocycles. The number of aryl methyl sites for hydroxylation is 1. The van der Waals surface area contributed by atoms with E-state index >= 15 is 0 Å². The lowest BCUT2D eigenvalue weighted by atomic mass is 9.89. The van der Waals surface area contributed by atoms with Gasteiger partial charge in [0.25, 0.3) is 0 Å². The molecule has 0 spiro atoms. The van der Waals surface area contributed by atoms with Crippen LogP contribution in [0.2, 0.25) is 0 Å². The molecule has 3 aliphatic rings. The molecule has 0 radical (unpaired) electrons. The van der Waals surface area contributed by atoms with Crippen LogP contribution in [0.5, 0.6) is 0 Å². The monoisotopic (exact) mass is 602 g/mol. The fraction of sp³-hybridized carbons (Fsp3) is 0.581. The van der Waals surface area contributed by atoms with Gasteiger partial charge in [-0.2, -0.15) is 13.2 Å². The Hall–Kier alpha value is -3.38. The Balaban J connectivity index is 1.40. The van der Waals surface area contributed by atoms with Gasteiger partial charge in [-0.05, 0) is 99.9 Å². The molecule has 1 aromatic carbocycles. The van der Waals surface area contributed by atoms with E-state index in [1.165, 1.54) is 0 Å². The fourth-order valence-corrected chi connectivity index (χ4v) is 6.32. The van der Waals surface area contributed by atoms with Crippen LogP contribution in [-0.2, 0) is 9.53 Å². The number of ether oxygens (including phenoxy) is 1. The number of hydrogen-bond donors (Lipinski definition) is 3. The van der Waals surface area contributed by atoms with Crippen LogP contribution in [-0.4, -0.2) is 67.6 Å². The molecule has 234 valence electrons. The predicted molar refractivity (Wildman–Crippen MR) is 155 cm³/mol. The number of benzene rings is 1. The van der Waals surface area contributed by atoms with Gasteiger partial charge < -0.3 is 35.5 Å². The maximum atomic E-state index is 13.3. The molecule has 2 unspecified atom stereocenters. The zero-order chi connectivity index (χ0) is 30.8. The number of amides is 2. The van der Waals surface area contributed by atoms with Crippen molar-refractivity contribution in [3.8, 4) is 11.1 Å². The summed E-state index contributed by atoms with van der Waals surface area (Å²) >= 11 is 0. The van der Waals surface area contributed by atoms with E-state index in [2.05, 4.69) is 26.9 Å². The Morgan fingerprint density at radius 3 is 2.51 bits per heavy atom. The minimum absolute atomic E-state index is 0.134. The Morgan fingerprint density at radius 2 is 1.84 bits per heavy atom. The molecule has 3 fully saturated rings. The van der Waals surface area contributed by atoms with Crippen molar-refractivity contribution in [1.29, 1.82) is 0 Å². The maximum Gasteiger partial charge on any atom is 0.403 e. The molecular formula is C31H39F3N5O4-. The van der Waals surface area contributed by atoms with Crippen LogP contribution < -0.4 is 26.0 Å². The van der Waals surface area contributed by atoms with Gasteiger partial charge in [-0.3, -0.25) is 4.79 Å². The van der Waals surface area contributed by atoms with Gasteiger partial charge >= 0.3 is 6.18 Å². The van der Waals surface area contributed by atoms with E-state index in [0.717, 1.165) is 41.0 Å². The molecule has 0 saturated carbocycles. The highest BCUT2D eigenvalue weighted by molar-refractivity contribution is 5.93. The molecule has 2 aromatic rings. The molecule has 0 aliphatic carbocycles. The van der Waals surface area contributed by atoms with Crippen molar-refractivity contribution >= 4 is 23.5 Å². The second kappa shape index (κ2) is 12.7. The van der Waals surface area contributed by atoms with Gasteiger partial charge in [0.15, 0.2) is 0 Å². The zero-order valence-electron chi connectivity index (χ0n) is 24.6. The molecule has 0 bridgehead atoms. The Kier molecular flexibility index (Phi) is 9.17. The highest BCUT2D eigenvalue weighted by Gasteiger charge is 2.43. The summed E-state index contributed by atoms with van der Waals surface area (Å²) in [7, 11) is 0. The second-order valence-electron chi connectivity index (χ2n) is 12.3. The van der Waals surface area contributed by atoms with Gasteiger partial charge in [-0.1, -0.05) is 6.07 Å². The van der Waals surface area contributed by atoms with E-state index in [-0.39, 0.29) is 18.9 Å². The smallest absolute Gasteiger partial charge is 0.403 e. The zero-order valence-corrected chi connectivity index (χ0v) is 24.6. The van der Waals surface area contributed by atoms with Crippen LogP contribution in [0, 0.1) is 12.8 Å². The summed E-state index contributed by atoms with van der Waals surface area (Å²) in [4.78, 5) is 31.4. The summed E-state index contributed by atoms with van der Waals surface area (Å²) in [6.45, 7) is 6.55. The number of carbonyl (C=O) groups excluding carboxylic acids is 2. The van der Waals surface area contributed by atoms with Crippen molar-refractivity contribution in [1.82, 2.24) is 15.6 Å². The van der Waals surface area contributed by atoms with Gasteiger partial charge in [0.05, 0.1) is 0 Å². The first kappa shape index (κ1) is 31.1. The SMILES string of the molecule is Cc1ccc(NC(=O)C2CCNC(C(F)(F)F)C2)cc1-c1cc(C2CCOCC2)nc(N2CCC(C)(NC(=O)[O-])CC2)c1. The number of piperidine rings is 2. The molecular weight excluding hydrogens is 563 g/mol. The lowest BCUT2D eigenvalue weighted by Crippen LogP contribution is -2.56. The van der Waals surface area contributed by atoms with E-state index < -0.39 is 35.7 Å². The van der Waals surface area contributed by atoms with Crippen molar-refractivity contribution in [3.63, 3.8) is 0 Å². The van der Waals surface area contributed by atoms with Crippen molar-refractivity contribution < 1.29 is 32.6 Å². The third-order valence-electron chi connectivity index (χ3n) is 9.05. The van der Waals surface area contributed by atoms with E-state index in [9.17, 15) is 27.9 Å². The standard InChI is InChI=1S/C31H40F3N5O4/c1-19-3-4-23(36-28(40)21-5-10-35-26(16-21)31(32,33)34)18-24(19)22-15-25(20-6-13-43-14-7-20)37-27(17-22)39-11-8-30(2,9-12-39)38-29(41)42/h3-4,15,17-18,20-21,26,35,38H,5-14,16H2,1-2H3,(H,36,40)(H,41,42)/p-1. The molecule has 12 heteroatoms. The average Bonchev–Trinajstić information content (AvgIpc) is 2.98. The molecule has 2 amide bonds. The first-order valence-corrected chi connectivity index (χ1v) is 15.0. The summed E-state index contributed by atoms with van der Waals surface area (Å²) in [6, 6.07) is 7.97. The summed E-state index contributed by atoms with van der Waals surface area (Å²) < 4.78 is 45.4. The second-order valence-corrected chi connectivity index (χ2v) is 12.3. The number of anilines is 2. The van der Waals surface area contributed by atoms with Gasteiger partial charge in [0, 0.05) is 55.1 Å². The Morgan fingerprint density at radius 1 is 1.12 bits per heavy atom. The Labute approximate surface area is 249 Å². The van der Waals surface area contributed by atoms with Crippen molar-refractivity contribution in [2.45, 2.75) is 76.0 Å². The van der Waals surface area contributed by atoms with E-state index in [1.807, 2.05) is 32.0 Å². The number of alkyl halides is 3. The lowest BCUT2D eigenvalue weighted by molar-refractivity contribution is -0.253. The summed E-state index contributed by atoms with van der Waals surface area (Å²) in [6.07, 6.45) is -2.70. The molecule has 2 atom stereocenters. The maximum absolute atomic E-state index is 13.3. The molecule has 9 nitrogen and oxygen atoms in total. The minimum Gasteiger partial charge on any atom is -0.530 e. The summed E-state index contributed by atoms with van der Waals surface area (Å²) in [5.74, 6) is -0.116. The molecule has 3 N–H and O–H groups in total. The fourth-order valence-electron chi connectivity index (χ4n) is 6.32. The number of carbonyl (C=O) groups is 2. The molecule has 1 aromatic heterocycles. The van der Waals surface area contributed by atoms with Crippen LogP contribution in [0.3, 0.4) is 0 Å². The van der Waals surface area contributed by atoms with Gasteiger partial charge in [0.2, 0.25) is 5.91 Å². The third-order valence-corrected chi connectivity index (χ3v) is 9.05. The van der Waals surface area contributed by atoms with Crippen LogP contribution in [0.1, 0.15) is 62.6 Å². The van der Waals surface area contributed by atoms with Crippen LogP contribution in [0.15, 0.2) is 30.3 Å². The van der Waals surface area contributed by atoms with Crippen LogP contribution >= 0.6 is 0 Å². The van der Waals surface area contributed by atoms with Crippen molar-refractivity contribution in [3.05, 3.63) is 41.6 Å². The predicted octanol–water partition coefficient (Wildman–Crippen LogP) is 4.11. The third kappa shape index (κ3) is 7.59. The summed E-state index contributed by atoms with van der Waals surface area (Å²) in [5.41, 5.74) is 3.73. The normalized spacial score (nSPS) is 23.0. The number of nitrogens with zero attached hydrogens (tertiary/aromatic N) is 2. The molecule has 5 rings (SSSR count). The van der Waals surface area contributed by atoms with Crippen LogP contribution in [0.4, 0.5) is 29.5 Å². The number of aromatic nitrogens is 1. The first-order valence-electron chi connectivity index (χ1n) is 15.0. The van der Waals surface area contributed by atoms with E-state index in [4.69, 9.17) is 9.72 Å². The van der Waals surface area contributed by atoms with Gasteiger partial charge in [-0.25, -0.2) is 4.98 Å². The highest BCUT2D eigenvalue weighted by atomic mass is 19.4. The minimum atomic E-state index is -4.39. The first-order chi connectivity index (χ1) is 20.4. The lowest BCUT2D eigenvalue weighted by Gasteiger charge is -2.41. The number of carboxylic acid groups (broad SMARTS) is 1. The largest absolute Gasteiger partial charge is 0.530 e. The average molecular weight is 603 g/mol. The summed E-state index contributed by atoms with van der Waals surface area (Å²) in [5, 5.41) is 19.1. The van der Waals surface area contributed by atoms with Crippen LogP contribution in [0.25, 0.3) is 11.1 Å². The molecule has 3 saturated heterocycles. The van der Waals surface area contributed by atoms with E-state index in [1.54, 1.807) is 6.07 Å². The van der Waals surface area contributed by atoms with Crippen molar-refractivity contribution in [2.75, 3.05) is 43.1 Å². The molecule has 4 heterocycles.